The summed E-state index contributed by atoms with van der Waals surface area (Å²) in [6, 6.07) is 11.3. The highest BCUT2D eigenvalue weighted by Gasteiger charge is 2.31. The zero-order valence-electron chi connectivity index (χ0n) is 21.0. The molecule has 0 saturated heterocycles. The number of fused-ring (bicyclic) bond motifs is 7. The van der Waals surface area contributed by atoms with Crippen LogP contribution in [0.2, 0.25) is 5.15 Å². The van der Waals surface area contributed by atoms with Crippen LogP contribution in [0.1, 0.15) is 56.1 Å². The number of nitrogens with zero attached hydrogens (tertiary/aromatic N) is 5. The Balaban J connectivity index is 1.27. The van der Waals surface area contributed by atoms with Crippen molar-refractivity contribution in [3.8, 4) is 11.4 Å². The Bertz CT molecular complexity index is 1420. The minimum absolute atomic E-state index is 0.362. The highest BCUT2D eigenvalue weighted by Crippen LogP contribution is 2.39. The van der Waals surface area contributed by atoms with Gasteiger partial charge in [0, 0.05) is 31.4 Å². The fourth-order valence-corrected chi connectivity index (χ4v) is 6.78. The summed E-state index contributed by atoms with van der Waals surface area (Å²) in [5, 5.41) is 4.25. The summed E-state index contributed by atoms with van der Waals surface area (Å²) < 4.78 is 0. The van der Waals surface area contributed by atoms with Crippen LogP contribution in [0, 0.1) is 11.8 Å². The zero-order chi connectivity index (χ0) is 24.8. The molecule has 3 saturated carbocycles. The van der Waals surface area contributed by atoms with E-state index in [1.165, 1.54) is 56.1 Å². The van der Waals surface area contributed by atoms with Crippen LogP contribution in [0.4, 0.5) is 11.6 Å². The summed E-state index contributed by atoms with van der Waals surface area (Å²) in [5.74, 6) is 4.16. The number of nitrogens with one attached hydrogen (secondary N) is 2. The first-order chi connectivity index (χ1) is 18.2. The van der Waals surface area contributed by atoms with Crippen molar-refractivity contribution in [2.75, 3.05) is 16.8 Å². The molecule has 3 fully saturated rings. The van der Waals surface area contributed by atoms with Crippen molar-refractivity contribution in [2.45, 2.75) is 64.0 Å². The first-order valence-electron chi connectivity index (χ1n) is 13.7. The molecule has 0 amide bonds. The molecule has 2 bridgehead atoms. The number of anilines is 2. The maximum atomic E-state index is 6.21. The lowest BCUT2D eigenvalue weighted by Crippen LogP contribution is -2.35. The maximum Gasteiger partial charge on any atom is 0.167 e. The number of H-pyrrole nitrogens is 1. The summed E-state index contributed by atoms with van der Waals surface area (Å²) in [6.07, 6.45) is 13.8. The van der Waals surface area contributed by atoms with Gasteiger partial charge in [0.05, 0.1) is 11.8 Å². The molecule has 0 radical (unpaired) electrons. The van der Waals surface area contributed by atoms with Crippen molar-refractivity contribution in [3.63, 3.8) is 0 Å². The standard InChI is InChI=1S/C29H32ClN7/c30-24-16-32-29-27(34-24)22(15-31-29)28-35-25(33-23-7-3-4-18-8-10-20(23)11-9-18)14-26(36-28)37-13-12-19-5-1-2-6-21(19)17-37/h1-2,5-6,14-16,18,20,23H,3-4,7-13,17H2,(H,31,32)(H,33,35,36)/t18?,20?,23-/m1/s1. The number of benzene rings is 1. The Morgan fingerprint density at radius 3 is 2.73 bits per heavy atom. The normalized spacial score (nSPS) is 23.5. The number of aromatic nitrogens is 5. The second-order valence-electron chi connectivity index (χ2n) is 10.9. The topological polar surface area (TPSA) is 82.6 Å². The predicted molar refractivity (Wildman–Crippen MR) is 148 cm³/mol. The van der Waals surface area contributed by atoms with Gasteiger partial charge in [-0.05, 0) is 48.6 Å². The number of rotatable bonds is 4. The Morgan fingerprint density at radius 1 is 0.973 bits per heavy atom. The summed E-state index contributed by atoms with van der Waals surface area (Å²) in [4.78, 5) is 24.6. The van der Waals surface area contributed by atoms with Gasteiger partial charge >= 0.3 is 0 Å². The molecule has 1 aliphatic heterocycles. The highest BCUT2D eigenvalue weighted by atomic mass is 35.5. The average molecular weight is 514 g/mol. The molecule has 1 aromatic carbocycles. The van der Waals surface area contributed by atoms with Gasteiger partial charge in [-0.3, -0.25) is 0 Å². The van der Waals surface area contributed by atoms with E-state index >= 15 is 0 Å². The Hall–Kier alpha value is -3.19. The third kappa shape index (κ3) is 4.54. The minimum atomic E-state index is 0.362. The molecule has 4 heterocycles. The van der Waals surface area contributed by atoms with Crippen LogP contribution in [0.25, 0.3) is 22.6 Å². The molecule has 1 atom stereocenters. The molecule has 3 aliphatic carbocycles. The molecule has 2 N–H and O–H groups in total. The van der Waals surface area contributed by atoms with Crippen molar-refractivity contribution in [2.24, 2.45) is 11.8 Å². The molecule has 190 valence electrons. The first-order valence-corrected chi connectivity index (χ1v) is 14.0. The van der Waals surface area contributed by atoms with E-state index < -0.39 is 0 Å². The summed E-state index contributed by atoms with van der Waals surface area (Å²) >= 11 is 6.21. The van der Waals surface area contributed by atoms with Gasteiger partial charge < -0.3 is 15.2 Å². The molecular weight excluding hydrogens is 482 g/mol. The van der Waals surface area contributed by atoms with Crippen LogP contribution >= 0.6 is 11.6 Å². The van der Waals surface area contributed by atoms with Crippen molar-refractivity contribution in [1.29, 1.82) is 0 Å². The molecule has 7 nitrogen and oxygen atoms in total. The van der Waals surface area contributed by atoms with Crippen LogP contribution in [0.3, 0.4) is 0 Å². The Labute approximate surface area is 222 Å². The first kappa shape index (κ1) is 23.0. The van der Waals surface area contributed by atoms with Gasteiger partial charge in [0.1, 0.15) is 22.3 Å². The third-order valence-electron chi connectivity index (χ3n) is 8.68. The second kappa shape index (κ2) is 9.60. The fraction of sp³-hybridized carbons (Fsp3) is 0.448. The monoisotopic (exact) mass is 513 g/mol. The van der Waals surface area contributed by atoms with E-state index in [1.54, 1.807) is 6.20 Å². The third-order valence-corrected chi connectivity index (χ3v) is 8.86. The molecule has 37 heavy (non-hydrogen) atoms. The van der Waals surface area contributed by atoms with E-state index in [0.29, 0.717) is 28.2 Å². The fourth-order valence-electron chi connectivity index (χ4n) is 6.64. The summed E-state index contributed by atoms with van der Waals surface area (Å²) in [6.45, 7) is 1.78. The lowest BCUT2D eigenvalue weighted by Gasteiger charge is -2.38. The van der Waals surface area contributed by atoms with Gasteiger partial charge in [-0.15, -0.1) is 0 Å². The van der Waals surface area contributed by atoms with E-state index in [-0.39, 0.29) is 0 Å². The van der Waals surface area contributed by atoms with Gasteiger partial charge in [-0.2, -0.15) is 0 Å². The van der Waals surface area contributed by atoms with Gasteiger partial charge in [0.25, 0.3) is 0 Å². The Morgan fingerprint density at radius 2 is 1.84 bits per heavy atom. The molecular formula is C29H32ClN7. The van der Waals surface area contributed by atoms with E-state index in [9.17, 15) is 0 Å². The molecule has 8 rings (SSSR count). The molecule has 0 spiro atoms. The van der Waals surface area contributed by atoms with Gasteiger partial charge in [-0.1, -0.05) is 61.5 Å². The zero-order valence-corrected chi connectivity index (χ0v) is 21.7. The van der Waals surface area contributed by atoms with Crippen molar-refractivity contribution in [3.05, 3.63) is 59.0 Å². The number of halogens is 1. The molecule has 0 unspecified atom stereocenters. The molecule has 4 aliphatic rings. The predicted octanol–water partition coefficient (Wildman–Crippen LogP) is 6.40. The van der Waals surface area contributed by atoms with Crippen LogP contribution in [-0.2, 0) is 13.0 Å². The van der Waals surface area contributed by atoms with Gasteiger partial charge in [0.15, 0.2) is 11.5 Å². The quantitative estimate of drug-likeness (QED) is 0.328. The average Bonchev–Trinajstić information content (AvgIpc) is 3.34. The maximum absolute atomic E-state index is 6.21. The SMILES string of the molecule is Clc1cnc2[nH]cc(-c3nc(N[C@@H]4CCCC5CCC4CC5)cc(N4CCc5ccccc5C4)n3)c2n1. The van der Waals surface area contributed by atoms with Crippen LogP contribution < -0.4 is 10.2 Å². The van der Waals surface area contributed by atoms with Gasteiger partial charge in [0.2, 0.25) is 0 Å². The number of hydrogen-bond acceptors (Lipinski definition) is 6. The Kier molecular flexibility index (Phi) is 5.96. The molecule has 3 aromatic heterocycles. The van der Waals surface area contributed by atoms with E-state index in [2.05, 4.69) is 55.5 Å². The van der Waals surface area contributed by atoms with E-state index in [0.717, 1.165) is 48.5 Å². The van der Waals surface area contributed by atoms with Gasteiger partial charge in [-0.25, -0.2) is 19.9 Å². The lowest BCUT2D eigenvalue weighted by atomic mass is 9.72. The van der Waals surface area contributed by atoms with Crippen LogP contribution in [0.5, 0.6) is 0 Å². The van der Waals surface area contributed by atoms with E-state index in [1.807, 2.05) is 6.20 Å². The largest absolute Gasteiger partial charge is 0.367 e. The van der Waals surface area contributed by atoms with E-state index in [4.69, 9.17) is 21.6 Å². The highest BCUT2D eigenvalue weighted by molar-refractivity contribution is 6.29. The van der Waals surface area contributed by atoms with Crippen LogP contribution in [-0.4, -0.2) is 37.5 Å². The number of aromatic amines is 1. The van der Waals surface area contributed by atoms with Crippen LogP contribution in [0.15, 0.2) is 42.7 Å². The summed E-state index contributed by atoms with van der Waals surface area (Å²) in [5.41, 5.74) is 5.00. The van der Waals surface area contributed by atoms with Crippen molar-refractivity contribution in [1.82, 2.24) is 24.9 Å². The molecule has 4 aromatic rings. The minimum Gasteiger partial charge on any atom is -0.367 e. The summed E-state index contributed by atoms with van der Waals surface area (Å²) in [7, 11) is 0. The smallest absolute Gasteiger partial charge is 0.167 e. The number of hydrogen-bond donors (Lipinski definition) is 2. The van der Waals surface area contributed by atoms with Crippen molar-refractivity contribution >= 4 is 34.4 Å². The molecule has 8 heteroatoms. The van der Waals surface area contributed by atoms with Crippen molar-refractivity contribution < 1.29 is 0 Å². The second-order valence-corrected chi connectivity index (χ2v) is 11.3. The lowest BCUT2D eigenvalue weighted by molar-refractivity contribution is 0.203.